The van der Waals surface area contributed by atoms with Gasteiger partial charge in [0.2, 0.25) is 5.91 Å². The van der Waals surface area contributed by atoms with Crippen LogP contribution in [0.1, 0.15) is 12.5 Å². The molecule has 0 aliphatic carbocycles. The first-order valence-corrected chi connectivity index (χ1v) is 5.70. The zero-order valence-electron chi connectivity index (χ0n) is 10.1. The third kappa shape index (κ3) is 3.93. The molecule has 0 bridgehead atoms. The average Bonchev–Trinajstić information content (AvgIpc) is 2.36. The fourth-order valence-corrected chi connectivity index (χ4v) is 1.65. The molecular weight excluding hydrogens is 212 g/mol. The number of terminal acetylenes is 1. The van der Waals surface area contributed by atoms with Gasteiger partial charge in [0.15, 0.2) is 0 Å². The number of carbonyl (C=O) groups is 1. The number of nitrogens with zero attached hydrogens (tertiary/aromatic N) is 1. The topological polar surface area (TPSA) is 46.3 Å². The molecule has 0 fully saturated rings. The van der Waals surface area contributed by atoms with E-state index in [2.05, 4.69) is 5.92 Å². The first kappa shape index (κ1) is 13.3. The lowest BCUT2D eigenvalue weighted by atomic mass is 10.1. The molecule has 0 aliphatic heterocycles. The molecule has 3 heteroatoms. The summed E-state index contributed by atoms with van der Waals surface area (Å²) in [7, 11) is 0. The molecule has 0 aromatic heterocycles. The lowest BCUT2D eigenvalue weighted by Crippen LogP contribution is -2.45. The predicted molar refractivity (Wildman–Crippen MR) is 69.2 cm³/mol. The standard InChI is InChI=1S/C14H18N2O/c1-3-10-16(4-2)14(17)13(15)11-12-8-6-5-7-9-12/h1,5-9,13H,4,10-11,15H2,2H3/t13-/m0/s1. The van der Waals surface area contributed by atoms with E-state index in [0.29, 0.717) is 19.5 Å². The van der Waals surface area contributed by atoms with E-state index in [-0.39, 0.29) is 5.91 Å². The second kappa shape index (κ2) is 6.72. The van der Waals surface area contributed by atoms with Gasteiger partial charge in [-0.2, -0.15) is 0 Å². The van der Waals surface area contributed by atoms with Gasteiger partial charge in [-0.05, 0) is 18.9 Å². The van der Waals surface area contributed by atoms with Crippen molar-refractivity contribution < 1.29 is 4.79 Å². The van der Waals surface area contributed by atoms with Crippen molar-refractivity contribution in [2.45, 2.75) is 19.4 Å². The Bertz CT molecular complexity index is 394. The Morgan fingerprint density at radius 1 is 1.47 bits per heavy atom. The van der Waals surface area contributed by atoms with Crippen LogP contribution in [0.25, 0.3) is 0 Å². The summed E-state index contributed by atoms with van der Waals surface area (Å²) in [6.07, 6.45) is 5.75. The van der Waals surface area contributed by atoms with Crippen LogP contribution in [0.2, 0.25) is 0 Å². The number of hydrogen-bond donors (Lipinski definition) is 1. The Morgan fingerprint density at radius 3 is 2.65 bits per heavy atom. The van der Waals surface area contributed by atoms with Crippen LogP contribution >= 0.6 is 0 Å². The van der Waals surface area contributed by atoms with Crippen LogP contribution in [0.15, 0.2) is 30.3 Å². The summed E-state index contributed by atoms with van der Waals surface area (Å²) in [5, 5.41) is 0. The molecule has 1 atom stereocenters. The van der Waals surface area contributed by atoms with Gasteiger partial charge in [-0.15, -0.1) is 6.42 Å². The molecule has 1 amide bonds. The van der Waals surface area contributed by atoms with Gasteiger partial charge in [-0.3, -0.25) is 4.79 Å². The van der Waals surface area contributed by atoms with Crippen molar-refractivity contribution in [1.29, 1.82) is 0 Å². The van der Waals surface area contributed by atoms with Gasteiger partial charge < -0.3 is 10.6 Å². The van der Waals surface area contributed by atoms with E-state index in [1.165, 1.54) is 0 Å². The molecule has 2 N–H and O–H groups in total. The van der Waals surface area contributed by atoms with E-state index < -0.39 is 6.04 Å². The minimum Gasteiger partial charge on any atom is -0.330 e. The van der Waals surface area contributed by atoms with Crippen molar-refractivity contribution in [3.63, 3.8) is 0 Å². The highest BCUT2D eigenvalue weighted by atomic mass is 16.2. The summed E-state index contributed by atoms with van der Waals surface area (Å²) in [4.78, 5) is 13.6. The van der Waals surface area contributed by atoms with E-state index in [0.717, 1.165) is 5.56 Å². The molecular formula is C14H18N2O. The highest BCUT2D eigenvalue weighted by Gasteiger charge is 2.19. The van der Waals surface area contributed by atoms with Crippen LogP contribution < -0.4 is 5.73 Å². The van der Waals surface area contributed by atoms with Gasteiger partial charge in [-0.1, -0.05) is 36.3 Å². The number of nitrogens with two attached hydrogens (primary N) is 1. The molecule has 0 saturated heterocycles. The first-order valence-electron chi connectivity index (χ1n) is 5.70. The molecule has 0 saturated carbocycles. The number of rotatable bonds is 5. The number of amides is 1. The van der Waals surface area contributed by atoms with Crippen LogP contribution in [0, 0.1) is 12.3 Å². The number of hydrogen-bond acceptors (Lipinski definition) is 2. The average molecular weight is 230 g/mol. The smallest absolute Gasteiger partial charge is 0.240 e. The Hall–Kier alpha value is -1.79. The fraction of sp³-hybridized carbons (Fsp3) is 0.357. The molecule has 1 aromatic carbocycles. The Morgan fingerprint density at radius 2 is 2.12 bits per heavy atom. The van der Waals surface area contributed by atoms with Crippen LogP contribution in [0.4, 0.5) is 0 Å². The van der Waals surface area contributed by atoms with E-state index in [1.807, 2.05) is 37.3 Å². The zero-order chi connectivity index (χ0) is 12.7. The zero-order valence-corrected chi connectivity index (χ0v) is 10.1. The Balaban J connectivity index is 2.61. The molecule has 1 aromatic rings. The monoisotopic (exact) mass is 230 g/mol. The summed E-state index contributed by atoms with van der Waals surface area (Å²) in [6, 6.07) is 9.21. The van der Waals surface area contributed by atoms with E-state index in [9.17, 15) is 4.79 Å². The first-order chi connectivity index (χ1) is 8.19. The summed E-state index contributed by atoms with van der Waals surface area (Å²) in [6.45, 7) is 2.80. The maximum absolute atomic E-state index is 12.0. The van der Waals surface area contributed by atoms with Gasteiger partial charge in [0.05, 0.1) is 12.6 Å². The highest BCUT2D eigenvalue weighted by molar-refractivity contribution is 5.82. The second-order valence-electron chi connectivity index (χ2n) is 3.85. The summed E-state index contributed by atoms with van der Waals surface area (Å²) in [5.74, 6) is 2.38. The van der Waals surface area contributed by atoms with E-state index in [1.54, 1.807) is 4.90 Å². The van der Waals surface area contributed by atoms with E-state index >= 15 is 0 Å². The Labute approximate surface area is 103 Å². The fourth-order valence-electron chi connectivity index (χ4n) is 1.65. The Kier molecular flexibility index (Phi) is 5.25. The molecule has 90 valence electrons. The lowest BCUT2D eigenvalue weighted by molar-refractivity contribution is -0.131. The number of likely N-dealkylation sites (N-methyl/N-ethyl adjacent to an activating group) is 1. The highest BCUT2D eigenvalue weighted by Crippen LogP contribution is 2.04. The van der Waals surface area contributed by atoms with Crippen molar-refractivity contribution >= 4 is 5.91 Å². The summed E-state index contributed by atoms with van der Waals surface area (Å²) >= 11 is 0. The maximum atomic E-state index is 12.0. The normalized spacial score (nSPS) is 11.6. The predicted octanol–water partition coefficient (Wildman–Crippen LogP) is 1.04. The number of benzene rings is 1. The molecule has 1 rings (SSSR count). The van der Waals surface area contributed by atoms with Gasteiger partial charge >= 0.3 is 0 Å². The third-order valence-electron chi connectivity index (χ3n) is 2.59. The molecule has 0 radical (unpaired) electrons. The summed E-state index contributed by atoms with van der Waals surface area (Å²) < 4.78 is 0. The van der Waals surface area contributed by atoms with Crippen LogP contribution in [0.3, 0.4) is 0 Å². The SMILES string of the molecule is C#CCN(CC)C(=O)[C@@H](N)Cc1ccccc1. The molecule has 0 unspecified atom stereocenters. The molecule has 0 spiro atoms. The minimum absolute atomic E-state index is 0.0886. The van der Waals surface area contributed by atoms with E-state index in [4.69, 9.17) is 12.2 Å². The van der Waals surface area contributed by atoms with Crippen molar-refractivity contribution in [3.05, 3.63) is 35.9 Å². The van der Waals surface area contributed by atoms with Crippen molar-refractivity contribution in [1.82, 2.24) is 4.90 Å². The molecule has 0 aliphatic rings. The number of carbonyl (C=O) groups excluding carboxylic acids is 1. The molecule has 0 heterocycles. The minimum atomic E-state index is -0.523. The van der Waals surface area contributed by atoms with Crippen molar-refractivity contribution in [2.75, 3.05) is 13.1 Å². The largest absolute Gasteiger partial charge is 0.330 e. The van der Waals surface area contributed by atoms with Crippen molar-refractivity contribution in [2.24, 2.45) is 5.73 Å². The van der Waals surface area contributed by atoms with Crippen molar-refractivity contribution in [3.8, 4) is 12.3 Å². The molecule has 17 heavy (non-hydrogen) atoms. The van der Waals surface area contributed by atoms with Crippen LogP contribution in [-0.2, 0) is 11.2 Å². The quantitative estimate of drug-likeness (QED) is 0.768. The van der Waals surface area contributed by atoms with Crippen LogP contribution in [-0.4, -0.2) is 29.9 Å². The van der Waals surface area contributed by atoms with Gasteiger partial charge in [0.25, 0.3) is 0 Å². The second-order valence-corrected chi connectivity index (χ2v) is 3.85. The van der Waals surface area contributed by atoms with Gasteiger partial charge in [0.1, 0.15) is 0 Å². The van der Waals surface area contributed by atoms with Gasteiger partial charge in [-0.25, -0.2) is 0 Å². The molecule has 3 nitrogen and oxygen atoms in total. The third-order valence-corrected chi connectivity index (χ3v) is 2.59. The van der Waals surface area contributed by atoms with Crippen LogP contribution in [0.5, 0.6) is 0 Å². The summed E-state index contributed by atoms with van der Waals surface area (Å²) in [5.41, 5.74) is 6.96. The lowest BCUT2D eigenvalue weighted by Gasteiger charge is -2.22. The maximum Gasteiger partial charge on any atom is 0.240 e. The van der Waals surface area contributed by atoms with Gasteiger partial charge in [0, 0.05) is 6.54 Å².